The van der Waals surface area contributed by atoms with Crippen LogP contribution in [0.25, 0.3) is 0 Å². The molecule has 0 radical (unpaired) electrons. The number of nitrogens with one attached hydrogen (secondary N) is 1. The molecule has 2 aliphatic rings. The molecule has 0 saturated heterocycles. The highest BCUT2D eigenvalue weighted by molar-refractivity contribution is 5.29. The lowest BCUT2D eigenvalue weighted by atomic mass is 9.66. The van der Waals surface area contributed by atoms with Crippen LogP contribution in [0, 0.1) is 17.6 Å². The van der Waals surface area contributed by atoms with Gasteiger partial charge in [0.25, 0.3) is 0 Å². The summed E-state index contributed by atoms with van der Waals surface area (Å²) in [5, 5.41) is 3.56. The van der Waals surface area contributed by atoms with Crippen LogP contribution in [0.4, 0.5) is 8.78 Å². The van der Waals surface area contributed by atoms with Crippen molar-refractivity contribution in [3.63, 3.8) is 0 Å². The van der Waals surface area contributed by atoms with Gasteiger partial charge in [0, 0.05) is 24.1 Å². The van der Waals surface area contributed by atoms with Gasteiger partial charge in [-0.1, -0.05) is 13.0 Å². The molecule has 2 fully saturated rings. The van der Waals surface area contributed by atoms with Crippen LogP contribution in [0.5, 0.6) is 0 Å². The molecule has 0 spiro atoms. The van der Waals surface area contributed by atoms with Crippen molar-refractivity contribution < 1.29 is 8.78 Å². The first kappa shape index (κ1) is 14.0. The summed E-state index contributed by atoms with van der Waals surface area (Å²) in [5.41, 5.74) is 0.561. The average Bonchev–Trinajstić information content (AvgIpc) is 3.23. The fraction of sp³-hybridized carbons (Fsp3) is 0.647. The van der Waals surface area contributed by atoms with Crippen LogP contribution in [-0.2, 0) is 5.41 Å². The fourth-order valence-electron chi connectivity index (χ4n) is 3.40. The Morgan fingerprint density at radius 1 is 1.15 bits per heavy atom. The molecule has 1 nitrogen and oxygen atoms in total. The molecule has 0 bridgehead atoms. The van der Waals surface area contributed by atoms with Crippen molar-refractivity contribution in [2.75, 3.05) is 6.54 Å². The van der Waals surface area contributed by atoms with Crippen molar-refractivity contribution in [2.24, 2.45) is 5.92 Å². The quantitative estimate of drug-likeness (QED) is 0.872. The van der Waals surface area contributed by atoms with E-state index in [1.54, 1.807) is 6.07 Å². The molecule has 1 N–H and O–H groups in total. The number of benzene rings is 1. The highest BCUT2D eigenvalue weighted by Crippen LogP contribution is 2.42. The topological polar surface area (TPSA) is 12.0 Å². The zero-order chi connectivity index (χ0) is 14.2. The van der Waals surface area contributed by atoms with E-state index in [4.69, 9.17) is 0 Å². The number of hydrogen-bond acceptors (Lipinski definition) is 1. The van der Waals surface area contributed by atoms with Gasteiger partial charge in [0.1, 0.15) is 11.6 Å². The second-order valence-electron chi connectivity index (χ2n) is 6.74. The Kier molecular flexibility index (Phi) is 3.80. The summed E-state index contributed by atoms with van der Waals surface area (Å²) in [5.74, 6) is -0.148. The first-order valence-corrected chi connectivity index (χ1v) is 7.78. The smallest absolute Gasteiger partial charge is 0.129 e. The fourth-order valence-corrected chi connectivity index (χ4v) is 3.40. The van der Waals surface area contributed by atoms with Gasteiger partial charge in [0.15, 0.2) is 0 Å². The van der Waals surface area contributed by atoms with Crippen molar-refractivity contribution in [3.8, 4) is 0 Å². The van der Waals surface area contributed by atoms with Crippen LogP contribution in [-0.4, -0.2) is 12.6 Å². The van der Waals surface area contributed by atoms with E-state index in [1.807, 2.05) is 0 Å². The molecule has 3 heteroatoms. The highest BCUT2D eigenvalue weighted by Gasteiger charge is 2.39. The van der Waals surface area contributed by atoms with E-state index in [9.17, 15) is 8.78 Å². The molecular formula is C17H23F2N. The molecule has 0 unspecified atom stereocenters. The lowest BCUT2D eigenvalue weighted by molar-refractivity contribution is 0.227. The lowest BCUT2D eigenvalue weighted by Crippen LogP contribution is -2.42. The van der Waals surface area contributed by atoms with E-state index in [2.05, 4.69) is 12.2 Å². The average molecular weight is 279 g/mol. The van der Waals surface area contributed by atoms with Crippen molar-refractivity contribution in [1.82, 2.24) is 5.32 Å². The Hall–Kier alpha value is -0.960. The number of rotatable bonds is 4. The summed E-state index contributed by atoms with van der Waals surface area (Å²) < 4.78 is 27.4. The van der Waals surface area contributed by atoms with Gasteiger partial charge in [-0.2, -0.15) is 0 Å². The van der Waals surface area contributed by atoms with Gasteiger partial charge in [0.2, 0.25) is 0 Å². The monoisotopic (exact) mass is 279 g/mol. The van der Waals surface area contributed by atoms with Gasteiger partial charge in [-0.15, -0.1) is 0 Å². The molecule has 3 rings (SSSR count). The van der Waals surface area contributed by atoms with E-state index >= 15 is 0 Å². The van der Waals surface area contributed by atoms with Gasteiger partial charge < -0.3 is 5.32 Å². The second-order valence-corrected chi connectivity index (χ2v) is 6.74. The summed E-state index contributed by atoms with van der Waals surface area (Å²) in [7, 11) is 0. The van der Waals surface area contributed by atoms with Crippen LogP contribution < -0.4 is 5.32 Å². The minimum absolute atomic E-state index is 0.146. The van der Waals surface area contributed by atoms with Crippen molar-refractivity contribution in [3.05, 3.63) is 35.4 Å². The molecule has 1 aromatic rings. The van der Waals surface area contributed by atoms with Gasteiger partial charge in [-0.3, -0.25) is 0 Å². The maximum atomic E-state index is 14.2. The molecule has 2 saturated carbocycles. The third kappa shape index (κ3) is 2.88. The molecule has 0 aliphatic heterocycles. The molecule has 1 aromatic carbocycles. The standard InChI is InChI=1S/C17H23F2N/c1-12-6-8-17(9-7-12,11-20-14-3-4-14)15-5-2-13(18)10-16(15)19/h2,5,10,12,14,20H,3-4,6-9,11H2,1H3. The summed E-state index contributed by atoms with van der Waals surface area (Å²) in [6.45, 7) is 3.09. The second kappa shape index (κ2) is 5.44. The van der Waals surface area contributed by atoms with E-state index < -0.39 is 5.82 Å². The number of hydrogen-bond donors (Lipinski definition) is 1. The van der Waals surface area contributed by atoms with Crippen LogP contribution in [0.3, 0.4) is 0 Å². The zero-order valence-electron chi connectivity index (χ0n) is 12.1. The lowest BCUT2D eigenvalue weighted by Gasteiger charge is -2.40. The first-order chi connectivity index (χ1) is 9.59. The SMILES string of the molecule is CC1CCC(CNC2CC2)(c2ccc(F)cc2F)CC1. The van der Waals surface area contributed by atoms with Gasteiger partial charge >= 0.3 is 0 Å². The Balaban J connectivity index is 1.86. The zero-order valence-corrected chi connectivity index (χ0v) is 12.1. The normalized spacial score (nSPS) is 30.4. The summed E-state index contributed by atoms with van der Waals surface area (Å²) in [6.07, 6.45) is 6.72. The third-order valence-electron chi connectivity index (χ3n) is 5.04. The third-order valence-corrected chi connectivity index (χ3v) is 5.04. The summed E-state index contributed by atoms with van der Waals surface area (Å²) in [4.78, 5) is 0. The molecule has 0 aromatic heterocycles. The van der Waals surface area contributed by atoms with Crippen LogP contribution in [0.2, 0.25) is 0 Å². The Bertz CT molecular complexity index is 474. The van der Waals surface area contributed by atoms with E-state index in [0.717, 1.165) is 38.3 Å². The molecular weight excluding hydrogens is 256 g/mol. The van der Waals surface area contributed by atoms with E-state index in [-0.39, 0.29) is 11.2 Å². The Morgan fingerprint density at radius 2 is 1.85 bits per heavy atom. The minimum atomic E-state index is -0.485. The number of halogens is 2. The van der Waals surface area contributed by atoms with Crippen LogP contribution in [0.15, 0.2) is 18.2 Å². The van der Waals surface area contributed by atoms with E-state index in [1.165, 1.54) is 18.9 Å². The van der Waals surface area contributed by atoms with Gasteiger partial charge in [0.05, 0.1) is 0 Å². The molecule has 20 heavy (non-hydrogen) atoms. The molecule has 0 amide bonds. The maximum Gasteiger partial charge on any atom is 0.129 e. The summed E-state index contributed by atoms with van der Waals surface area (Å²) in [6, 6.07) is 4.71. The Labute approximate surface area is 119 Å². The largest absolute Gasteiger partial charge is 0.313 e. The van der Waals surface area contributed by atoms with Crippen LogP contribution >= 0.6 is 0 Å². The first-order valence-electron chi connectivity index (χ1n) is 7.78. The molecule has 0 heterocycles. The van der Waals surface area contributed by atoms with E-state index in [0.29, 0.717) is 17.5 Å². The highest BCUT2D eigenvalue weighted by atomic mass is 19.1. The van der Waals surface area contributed by atoms with Gasteiger partial charge in [-0.25, -0.2) is 8.78 Å². The molecule has 0 atom stereocenters. The molecule has 110 valence electrons. The minimum Gasteiger partial charge on any atom is -0.313 e. The van der Waals surface area contributed by atoms with Crippen LogP contribution in [0.1, 0.15) is 51.0 Å². The van der Waals surface area contributed by atoms with Crippen molar-refractivity contribution >= 4 is 0 Å². The maximum absolute atomic E-state index is 14.2. The van der Waals surface area contributed by atoms with Crippen molar-refractivity contribution in [2.45, 2.75) is 56.9 Å². The summed E-state index contributed by atoms with van der Waals surface area (Å²) >= 11 is 0. The molecule has 2 aliphatic carbocycles. The predicted molar refractivity (Wildman–Crippen MR) is 76.7 cm³/mol. The van der Waals surface area contributed by atoms with Crippen molar-refractivity contribution in [1.29, 1.82) is 0 Å². The Morgan fingerprint density at radius 3 is 2.45 bits per heavy atom. The predicted octanol–water partition coefficient (Wildman–Crippen LogP) is 4.16. The van der Waals surface area contributed by atoms with Gasteiger partial charge in [-0.05, 0) is 56.1 Å².